The number of rotatable bonds is 5. The van der Waals surface area contributed by atoms with Crippen LogP contribution in [0, 0.1) is 12.8 Å². The standard InChI is InChI=1S/C19H22ClN/c1-13-5-3-4-6-18(13)14(2)21-19(15-7-8-15)16-9-11-17(20)12-10-16/h3-6,9-12,14-15,19,21H,7-8H2,1-2H3. The predicted molar refractivity (Wildman–Crippen MR) is 89.6 cm³/mol. The number of halogens is 1. The van der Waals surface area contributed by atoms with E-state index in [2.05, 4.69) is 55.6 Å². The third kappa shape index (κ3) is 3.48. The van der Waals surface area contributed by atoms with E-state index in [4.69, 9.17) is 11.6 Å². The summed E-state index contributed by atoms with van der Waals surface area (Å²) in [5.74, 6) is 0.762. The lowest BCUT2D eigenvalue weighted by Crippen LogP contribution is -2.26. The van der Waals surface area contributed by atoms with E-state index < -0.39 is 0 Å². The van der Waals surface area contributed by atoms with E-state index >= 15 is 0 Å². The van der Waals surface area contributed by atoms with E-state index in [9.17, 15) is 0 Å². The zero-order valence-corrected chi connectivity index (χ0v) is 13.4. The van der Waals surface area contributed by atoms with Gasteiger partial charge >= 0.3 is 0 Å². The molecule has 0 bridgehead atoms. The molecule has 2 heteroatoms. The van der Waals surface area contributed by atoms with E-state index in [0.717, 1.165) is 10.9 Å². The quantitative estimate of drug-likeness (QED) is 0.774. The second-order valence-electron chi connectivity index (χ2n) is 6.11. The molecule has 2 atom stereocenters. The van der Waals surface area contributed by atoms with Crippen LogP contribution in [0.3, 0.4) is 0 Å². The average molecular weight is 300 g/mol. The molecular weight excluding hydrogens is 278 g/mol. The molecule has 1 aliphatic rings. The molecule has 0 amide bonds. The lowest BCUT2D eigenvalue weighted by atomic mass is 9.97. The van der Waals surface area contributed by atoms with Crippen LogP contribution in [0.5, 0.6) is 0 Å². The zero-order chi connectivity index (χ0) is 14.8. The van der Waals surface area contributed by atoms with Crippen molar-refractivity contribution in [2.24, 2.45) is 5.92 Å². The number of hydrogen-bond donors (Lipinski definition) is 1. The third-order valence-corrected chi connectivity index (χ3v) is 4.66. The van der Waals surface area contributed by atoms with Crippen molar-refractivity contribution in [1.29, 1.82) is 0 Å². The Morgan fingerprint density at radius 1 is 1.05 bits per heavy atom. The predicted octanol–water partition coefficient (Wildman–Crippen LogP) is 5.45. The van der Waals surface area contributed by atoms with Crippen molar-refractivity contribution in [2.75, 3.05) is 0 Å². The molecule has 2 aromatic carbocycles. The van der Waals surface area contributed by atoms with Crippen LogP contribution >= 0.6 is 11.6 Å². The number of aryl methyl sites for hydroxylation is 1. The van der Waals surface area contributed by atoms with Gasteiger partial charge in [0.25, 0.3) is 0 Å². The molecule has 1 N–H and O–H groups in total. The minimum Gasteiger partial charge on any atom is -0.303 e. The van der Waals surface area contributed by atoms with Gasteiger partial charge in [-0.2, -0.15) is 0 Å². The van der Waals surface area contributed by atoms with Gasteiger partial charge in [0.2, 0.25) is 0 Å². The first-order chi connectivity index (χ1) is 10.1. The maximum absolute atomic E-state index is 6.01. The SMILES string of the molecule is Cc1ccccc1C(C)NC(c1ccc(Cl)cc1)C1CC1. The highest BCUT2D eigenvalue weighted by Gasteiger charge is 2.33. The van der Waals surface area contributed by atoms with E-state index in [-0.39, 0.29) is 0 Å². The van der Waals surface area contributed by atoms with Gasteiger partial charge in [-0.05, 0) is 61.4 Å². The van der Waals surface area contributed by atoms with Gasteiger partial charge in [0, 0.05) is 17.1 Å². The van der Waals surface area contributed by atoms with Crippen LogP contribution in [0.25, 0.3) is 0 Å². The number of hydrogen-bond acceptors (Lipinski definition) is 1. The summed E-state index contributed by atoms with van der Waals surface area (Å²) in [5.41, 5.74) is 4.09. The van der Waals surface area contributed by atoms with E-state index in [1.54, 1.807) is 0 Å². The normalized spacial score (nSPS) is 17.5. The van der Waals surface area contributed by atoms with Gasteiger partial charge in [0.05, 0.1) is 0 Å². The van der Waals surface area contributed by atoms with Crippen LogP contribution in [0.2, 0.25) is 5.02 Å². The zero-order valence-electron chi connectivity index (χ0n) is 12.6. The molecule has 3 rings (SSSR count). The summed E-state index contributed by atoms with van der Waals surface area (Å²) >= 11 is 6.01. The lowest BCUT2D eigenvalue weighted by Gasteiger charge is -2.25. The van der Waals surface area contributed by atoms with Crippen LogP contribution in [0.15, 0.2) is 48.5 Å². The first-order valence-corrected chi connectivity index (χ1v) is 8.10. The summed E-state index contributed by atoms with van der Waals surface area (Å²) in [4.78, 5) is 0. The van der Waals surface area contributed by atoms with Gasteiger partial charge in [-0.1, -0.05) is 48.0 Å². The van der Waals surface area contributed by atoms with Crippen molar-refractivity contribution in [1.82, 2.24) is 5.32 Å². The Labute approximate surface area is 132 Å². The van der Waals surface area contributed by atoms with Crippen LogP contribution in [0.1, 0.15) is 48.5 Å². The summed E-state index contributed by atoms with van der Waals surface area (Å²) in [6, 6.07) is 17.7. The monoisotopic (exact) mass is 299 g/mol. The Balaban J connectivity index is 1.79. The van der Waals surface area contributed by atoms with Crippen molar-refractivity contribution >= 4 is 11.6 Å². The maximum atomic E-state index is 6.01. The fourth-order valence-electron chi connectivity index (χ4n) is 3.04. The Kier molecular flexibility index (Phi) is 4.32. The van der Waals surface area contributed by atoms with Crippen LogP contribution < -0.4 is 5.32 Å². The molecule has 2 aromatic rings. The fraction of sp³-hybridized carbons (Fsp3) is 0.368. The van der Waals surface area contributed by atoms with Gasteiger partial charge in [0.15, 0.2) is 0 Å². The molecule has 1 nitrogen and oxygen atoms in total. The molecular formula is C19H22ClN. The summed E-state index contributed by atoms with van der Waals surface area (Å²) in [6.07, 6.45) is 2.64. The Morgan fingerprint density at radius 3 is 2.33 bits per heavy atom. The number of nitrogens with one attached hydrogen (secondary N) is 1. The number of benzene rings is 2. The average Bonchev–Trinajstić information content (AvgIpc) is 3.31. The fourth-order valence-corrected chi connectivity index (χ4v) is 3.16. The molecule has 1 fully saturated rings. The molecule has 110 valence electrons. The molecule has 21 heavy (non-hydrogen) atoms. The molecule has 0 spiro atoms. The van der Waals surface area contributed by atoms with Gasteiger partial charge in [-0.15, -0.1) is 0 Å². The highest BCUT2D eigenvalue weighted by molar-refractivity contribution is 6.30. The molecule has 1 aliphatic carbocycles. The molecule has 0 aliphatic heterocycles. The smallest absolute Gasteiger partial charge is 0.0406 e. The molecule has 0 heterocycles. The van der Waals surface area contributed by atoms with Crippen molar-refractivity contribution in [3.05, 3.63) is 70.2 Å². The van der Waals surface area contributed by atoms with Crippen molar-refractivity contribution in [2.45, 2.75) is 38.8 Å². The van der Waals surface area contributed by atoms with Crippen molar-refractivity contribution in [3.63, 3.8) is 0 Å². The molecule has 1 saturated carbocycles. The van der Waals surface area contributed by atoms with Gasteiger partial charge in [-0.3, -0.25) is 0 Å². The summed E-state index contributed by atoms with van der Waals surface area (Å²) in [6.45, 7) is 4.44. The highest BCUT2D eigenvalue weighted by atomic mass is 35.5. The van der Waals surface area contributed by atoms with Crippen LogP contribution in [-0.2, 0) is 0 Å². The van der Waals surface area contributed by atoms with Gasteiger partial charge in [0.1, 0.15) is 0 Å². The summed E-state index contributed by atoms with van der Waals surface area (Å²) < 4.78 is 0. The van der Waals surface area contributed by atoms with Gasteiger partial charge in [-0.25, -0.2) is 0 Å². The molecule has 0 radical (unpaired) electrons. The third-order valence-electron chi connectivity index (χ3n) is 4.41. The maximum Gasteiger partial charge on any atom is 0.0406 e. The van der Waals surface area contributed by atoms with E-state index in [0.29, 0.717) is 12.1 Å². The van der Waals surface area contributed by atoms with Gasteiger partial charge < -0.3 is 5.32 Å². The van der Waals surface area contributed by atoms with Crippen molar-refractivity contribution in [3.8, 4) is 0 Å². The Hall–Kier alpha value is -1.31. The Morgan fingerprint density at radius 2 is 1.71 bits per heavy atom. The summed E-state index contributed by atoms with van der Waals surface area (Å²) in [7, 11) is 0. The molecule has 2 unspecified atom stereocenters. The van der Waals surface area contributed by atoms with Crippen molar-refractivity contribution < 1.29 is 0 Å². The Bertz CT molecular complexity index is 601. The van der Waals surface area contributed by atoms with Crippen LogP contribution in [-0.4, -0.2) is 0 Å². The largest absolute Gasteiger partial charge is 0.303 e. The first-order valence-electron chi connectivity index (χ1n) is 7.72. The summed E-state index contributed by atoms with van der Waals surface area (Å²) in [5, 5.41) is 4.63. The molecule has 0 aromatic heterocycles. The molecule has 0 saturated heterocycles. The second kappa shape index (κ2) is 6.21. The minimum absolute atomic E-state index is 0.354. The van der Waals surface area contributed by atoms with E-state index in [1.165, 1.54) is 29.5 Å². The highest BCUT2D eigenvalue weighted by Crippen LogP contribution is 2.42. The minimum atomic E-state index is 0.354. The van der Waals surface area contributed by atoms with E-state index in [1.807, 2.05) is 12.1 Å². The first kappa shape index (κ1) is 14.6. The second-order valence-corrected chi connectivity index (χ2v) is 6.55. The topological polar surface area (TPSA) is 12.0 Å². The lowest BCUT2D eigenvalue weighted by molar-refractivity contribution is 0.426. The van der Waals surface area contributed by atoms with Crippen LogP contribution in [0.4, 0.5) is 0 Å².